The maximum atomic E-state index is 10.5. The average molecular weight is 352 g/mol. The number of amides is 1. The third-order valence-electron chi connectivity index (χ3n) is 4.25. The standard InChI is InChI=1S/C15H18BrN3O2/c16-12-5-6-19-9-13(18-14(19)7-12)11-3-1-10(2-4-11)8-17-15(20)21/h5-7,9-11,17H,1-4,8H2,(H,20,21)/t10-,11-. The van der Waals surface area contributed by atoms with Gasteiger partial charge in [-0.05, 0) is 43.7 Å². The summed E-state index contributed by atoms with van der Waals surface area (Å²) >= 11 is 3.47. The fourth-order valence-electron chi connectivity index (χ4n) is 3.07. The molecule has 5 nitrogen and oxygen atoms in total. The van der Waals surface area contributed by atoms with Gasteiger partial charge < -0.3 is 14.8 Å². The van der Waals surface area contributed by atoms with Crippen molar-refractivity contribution in [3.8, 4) is 0 Å². The molecule has 6 heteroatoms. The molecule has 0 aliphatic heterocycles. The van der Waals surface area contributed by atoms with Crippen LogP contribution in [-0.4, -0.2) is 27.1 Å². The summed E-state index contributed by atoms with van der Waals surface area (Å²) in [7, 11) is 0. The van der Waals surface area contributed by atoms with Gasteiger partial charge in [-0.25, -0.2) is 9.78 Å². The molecule has 0 aromatic carbocycles. The fourth-order valence-corrected chi connectivity index (χ4v) is 3.39. The largest absolute Gasteiger partial charge is 0.465 e. The molecule has 0 saturated heterocycles. The van der Waals surface area contributed by atoms with E-state index in [0.717, 1.165) is 41.5 Å². The van der Waals surface area contributed by atoms with Gasteiger partial charge in [0.2, 0.25) is 0 Å². The molecule has 2 N–H and O–H groups in total. The van der Waals surface area contributed by atoms with E-state index in [2.05, 4.69) is 31.8 Å². The van der Waals surface area contributed by atoms with Crippen LogP contribution in [0.25, 0.3) is 5.65 Å². The Morgan fingerprint density at radius 3 is 2.90 bits per heavy atom. The van der Waals surface area contributed by atoms with Crippen LogP contribution in [0.3, 0.4) is 0 Å². The molecule has 112 valence electrons. The van der Waals surface area contributed by atoms with Gasteiger partial charge in [0.15, 0.2) is 0 Å². The van der Waals surface area contributed by atoms with E-state index < -0.39 is 6.09 Å². The molecule has 1 aliphatic carbocycles. The number of imidazole rings is 1. The van der Waals surface area contributed by atoms with Crippen LogP contribution in [0, 0.1) is 5.92 Å². The quantitative estimate of drug-likeness (QED) is 0.886. The summed E-state index contributed by atoms with van der Waals surface area (Å²) in [5.41, 5.74) is 2.12. The fraction of sp³-hybridized carbons (Fsp3) is 0.467. The second-order valence-corrected chi connectivity index (χ2v) is 6.60. The van der Waals surface area contributed by atoms with Crippen LogP contribution in [0.1, 0.15) is 37.3 Å². The molecule has 3 rings (SSSR count). The van der Waals surface area contributed by atoms with Crippen LogP contribution >= 0.6 is 15.9 Å². The van der Waals surface area contributed by atoms with E-state index in [0.29, 0.717) is 18.4 Å². The molecule has 2 aromatic rings. The summed E-state index contributed by atoms with van der Waals surface area (Å²) in [5.74, 6) is 0.952. The molecule has 0 radical (unpaired) electrons. The Balaban J connectivity index is 1.64. The Hall–Kier alpha value is -1.56. The number of pyridine rings is 1. The van der Waals surface area contributed by atoms with Crippen molar-refractivity contribution >= 4 is 27.7 Å². The minimum Gasteiger partial charge on any atom is -0.465 e. The molecule has 21 heavy (non-hydrogen) atoms. The van der Waals surface area contributed by atoms with Crippen molar-refractivity contribution in [3.05, 3.63) is 34.7 Å². The van der Waals surface area contributed by atoms with Crippen molar-refractivity contribution in [1.82, 2.24) is 14.7 Å². The predicted octanol–water partition coefficient (Wildman–Crippen LogP) is 3.64. The summed E-state index contributed by atoms with van der Waals surface area (Å²) in [5, 5.41) is 11.1. The number of fused-ring (bicyclic) bond motifs is 1. The van der Waals surface area contributed by atoms with Gasteiger partial charge >= 0.3 is 6.09 Å². The Morgan fingerprint density at radius 2 is 2.19 bits per heavy atom. The lowest BCUT2D eigenvalue weighted by molar-refractivity contribution is 0.189. The first-order chi connectivity index (χ1) is 10.1. The lowest BCUT2D eigenvalue weighted by atomic mass is 9.80. The third kappa shape index (κ3) is 3.37. The van der Waals surface area contributed by atoms with Crippen molar-refractivity contribution in [3.63, 3.8) is 0 Å². The molecule has 0 atom stereocenters. The highest BCUT2D eigenvalue weighted by Crippen LogP contribution is 2.35. The van der Waals surface area contributed by atoms with Crippen LogP contribution in [0.4, 0.5) is 4.79 Å². The Bertz CT molecular complexity index is 647. The van der Waals surface area contributed by atoms with E-state index in [1.807, 2.05) is 18.3 Å². The number of rotatable bonds is 3. The summed E-state index contributed by atoms with van der Waals surface area (Å²) in [6, 6.07) is 4.03. The number of nitrogens with zero attached hydrogens (tertiary/aromatic N) is 2. The minimum absolute atomic E-state index is 0.462. The number of carboxylic acid groups (broad SMARTS) is 1. The van der Waals surface area contributed by atoms with Crippen LogP contribution < -0.4 is 5.32 Å². The normalized spacial score (nSPS) is 22.3. The van der Waals surface area contributed by atoms with Gasteiger partial charge in [0.05, 0.1) is 5.69 Å². The first-order valence-corrected chi connectivity index (χ1v) is 8.02. The van der Waals surface area contributed by atoms with Crippen LogP contribution in [0.2, 0.25) is 0 Å². The van der Waals surface area contributed by atoms with Gasteiger partial charge in [-0.1, -0.05) is 15.9 Å². The van der Waals surface area contributed by atoms with Gasteiger partial charge in [-0.2, -0.15) is 0 Å². The Labute approximate surface area is 131 Å². The van der Waals surface area contributed by atoms with Crippen molar-refractivity contribution in [1.29, 1.82) is 0 Å². The zero-order valence-corrected chi connectivity index (χ0v) is 13.2. The van der Waals surface area contributed by atoms with E-state index in [-0.39, 0.29) is 0 Å². The molecule has 1 saturated carbocycles. The molecular formula is C15H18BrN3O2. The molecule has 0 unspecified atom stereocenters. The topological polar surface area (TPSA) is 66.6 Å². The molecule has 2 heterocycles. The second kappa shape index (κ2) is 6.05. The number of carbonyl (C=O) groups is 1. The molecular weight excluding hydrogens is 334 g/mol. The Morgan fingerprint density at radius 1 is 1.43 bits per heavy atom. The van der Waals surface area contributed by atoms with E-state index in [1.54, 1.807) is 0 Å². The van der Waals surface area contributed by atoms with Crippen LogP contribution in [0.15, 0.2) is 29.0 Å². The SMILES string of the molecule is O=C(O)NC[C@H]1CC[C@H](c2cn3ccc(Br)cc3n2)CC1. The predicted molar refractivity (Wildman–Crippen MR) is 83.6 cm³/mol. The van der Waals surface area contributed by atoms with E-state index in [1.165, 1.54) is 0 Å². The van der Waals surface area contributed by atoms with E-state index in [4.69, 9.17) is 10.1 Å². The van der Waals surface area contributed by atoms with Gasteiger partial charge in [-0.3, -0.25) is 0 Å². The van der Waals surface area contributed by atoms with E-state index in [9.17, 15) is 4.79 Å². The van der Waals surface area contributed by atoms with Crippen molar-refractivity contribution in [2.24, 2.45) is 5.92 Å². The van der Waals surface area contributed by atoms with Gasteiger partial charge in [0, 0.05) is 29.3 Å². The lowest BCUT2D eigenvalue weighted by Crippen LogP contribution is -2.29. The average Bonchev–Trinajstić information content (AvgIpc) is 2.88. The highest BCUT2D eigenvalue weighted by atomic mass is 79.9. The summed E-state index contributed by atoms with van der Waals surface area (Å²) in [6.45, 7) is 0.570. The zero-order chi connectivity index (χ0) is 14.8. The van der Waals surface area contributed by atoms with E-state index >= 15 is 0 Å². The van der Waals surface area contributed by atoms with Crippen LogP contribution in [0.5, 0.6) is 0 Å². The summed E-state index contributed by atoms with van der Waals surface area (Å²) in [4.78, 5) is 15.2. The van der Waals surface area contributed by atoms with Crippen molar-refractivity contribution < 1.29 is 9.90 Å². The maximum absolute atomic E-state index is 10.5. The van der Waals surface area contributed by atoms with Crippen LogP contribution in [-0.2, 0) is 0 Å². The smallest absolute Gasteiger partial charge is 0.404 e. The molecule has 2 aromatic heterocycles. The third-order valence-corrected chi connectivity index (χ3v) is 4.74. The number of halogens is 1. The van der Waals surface area contributed by atoms with Gasteiger partial charge in [0.25, 0.3) is 0 Å². The monoisotopic (exact) mass is 351 g/mol. The summed E-state index contributed by atoms with van der Waals surface area (Å²) < 4.78 is 3.09. The molecule has 1 amide bonds. The number of hydrogen-bond acceptors (Lipinski definition) is 2. The number of aromatic nitrogens is 2. The van der Waals surface area contributed by atoms with Gasteiger partial charge in [0.1, 0.15) is 5.65 Å². The second-order valence-electron chi connectivity index (χ2n) is 5.68. The number of nitrogens with one attached hydrogen (secondary N) is 1. The molecule has 1 fully saturated rings. The Kier molecular flexibility index (Phi) is 4.14. The van der Waals surface area contributed by atoms with Crippen molar-refractivity contribution in [2.45, 2.75) is 31.6 Å². The highest BCUT2D eigenvalue weighted by Gasteiger charge is 2.24. The lowest BCUT2D eigenvalue weighted by Gasteiger charge is -2.27. The first-order valence-electron chi connectivity index (χ1n) is 7.23. The molecule has 0 bridgehead atoms. The maximum Gasteiger partial charge on any atom is 0.404 e. The first kappa shape index (κ1) is 14.4. The number of hydrogen-bond donors (Lipinski definition) is 2. The molecule has 1 aliphatic rings. The minimum atomic E-state index is -0.928. The van der Waals surface area contributed by atoms with Gasteiger partial charge in [-0.15, -0.1) is 0 Å². The highest BCUT2D eigenvalue weighted by molar-refractivity contribution is 9.10. The summed E-state index contributed by atoms with van der Waals surface area (Å²) in [6.07, 6.45) is 7.47. The zero-order valence-electron chi connectivity index (χ0n) is 11.6. The van der Waals surface area contributed by atoms with Crippen molar-refractivity contribution in [2.75, 3.05) is 6.54 Å². The molecule has 0 spiro atoms.